The van der Waals surface area contributed by atoms with E-state index >= 15 is 0 Å². The number of hydrogen-bond acceptors (Lipinski definition) is 28. The summed E-state index contributed by atoms with van der Waals surface area (Å²) in [5, 5.41) is 20.8. The number of ether oxygens (including phenoxy) is 24. The first kappa shape index (κ1) is 81.8. The summed E-state index contributed by atoms with van der Waals surface area (Å²) in [6.45, 7) is 40.3. The molecule has 24 atom stereocenters. The largest absolute Gasteiger partial charge is 0.393 e. The predicted molar refractivity (Wildman–Crippen MR) is 347 cm³/mol. The van der Waals surface area contributed by atoms with E-state index in [1.165, 1.54) is 7.11 Å². The molecule has 0 aromatic carbocycles. The third kappa shape index (κ3) is 16.2. The number of hydrogen-bond donors (Lipinski definition) is 2. The van der Waals surface area contributed by atoms with E-state index in [1.807, 2.05) is 111 Å². The lowest BCUT2D eigenvalue weighted by molar-refractivity contribution is -0.256. The molecule has 0 aliphatic carbocycles. The summed E-state index contributed by atoms with van der Waals surface area (Å²) in [5.41, 5.74) is -3.59. The van der Waals surface area contributed by atoms with Crippen LogP contribution in [0.25, 0.3) is 0 Å². The van der Waals surface area contributed by atoms with Gasteiger partial charge in [-0.2, -0.15) is 0 Å². The van der Waals surface area contributed by atoms with E-state index in [2.05, 4.69) is 27.4 Å². The highest BCUT2D eigenvalue weighted by Gasteiger charge is 2.67. The van der Waals surface area contributed by atoms with Gasteiger partial charge in [0.15, 0.2) is 84.4 Å². The summed E-state index contributed by atoms with van der Waals surface area (Å²) in [5.74, 6) is -3.69. The van der Waals surface area contributed by atoms with Crippen LogP contribution < -0.4 is 0 Å². The number of aliphatic hydroxyl groups excluding tert-OH is 2. The average Bonchev–Trinajstić information content (AvgIpc) is 1.64. The van der Waals surface area contributed by atoms with Gasteiger partial charge in [0.2, 0.25) is 0 Å². The fourth-order valence-electron chi connectivity index (χ4n) is 14.8. The Hall–Kier alpha value is -1.54. The molecule has 96 heavy (non-hydrogen) atoms. The summed E-state index contributed by atoms with van der Waals surface area (Å²) in [6, 6.07) is 0. The topological polar surface area (TPSA) is 279 Å². The van der Waals surface area contributed by atoms with Gasteiger partial charge in [-0.05, 0) is 134 Å². The van der Waals surface area contributed by atoms with E-state index in [0.717, 1.165) is 25.5 Å². The van der Waals surface area contributed by atoms with Crippen LogP contribution in [-0.2, 0) is 118 Å². The van der Waals surface area contributed by atoms with Crippen molar-refractivity contribution in [2.24, 2.45) is 0 Å². The van der Waals surface area contributed by atoms with Crippen molar-refractivity contribution < 1.29 is 129 Å². The monoisotopic (exact) mass is 1400 g/mol. The Labute approximate surface area is 574 Å². The van der Waals surface area contributed by atoms with Crippen molar-refractivity contribution in [3.8, 4) is 0 Å². The van der Waals surface area contributed by atoms with E-state index in [0.29, 0.717) is 25.7 Å². The molecule has 0 aromatic heterocycles. The lowest BCUT2D eigenvalue weighted by Crippen LogP contribution is -2.45. The molecule has 12 rings (SSSR count). The van der Waals surface area contributed by atoms with Gasteiger partial charge in [-0.25, -0.2) is 0 Å². The first-order valence-corrected chi connectivity index (χ1v) is 34.4. The van der Waals surface area contributed by atoms with E-state index in [4.69, 9.17) is 126 Å². The van der Waals surface area contributed by atoms with Gasteiger partial charge >= 0.3 is 0 Å². The minimum Gasteiger partial charge on any atom is -0.393 e. The Morgan fingerprint density at radius 1 is 0.344 bits per heavy atom. The van der Waals surface area contributed by atoms with Crippen LogP contribution in [0.3, 0.4) is 0 Å². The summed E-state index contributed by atoms with van der Waals surface area (Å²) in [6.07, 6.45) is 2.43. The fourth-order valence-corrected chi connectivity index (χ4v) is 15.1. The lowest BCUT2D eigenvalue weighted by atomic mass is 9.90. The predicted octanol–water partition coefficient (Wildman–Crippen LogP) is 7.73. The van der Waals surface area contributed by atoms with Crippen molar-refractivity contribution in [1.82, 2.24) is 0 Å². The van der Waals surface area contributed by atoms with Gasteiger partial charge in [-0.1, -0.05) is 59.8 Å². The molecule has 12 heterocycles. The molecular weight excluding hydrogens is 1280 g/mol. The zero-order valence-corrected chi connectivity index (χ0v) is 62.5. The third-order valence-corrected chi connectivity index (χ3v) is 20.3. The maximum absolute atomic E-state index is 11.3. The van der Waals surface area contributed by atoms with Gasteiger partial charge in [-0.15, -0.1) is 6.58 Å². The maximum Gasteiger partial charge on any atom is 0.187 e. The molecule has 28 heteroatoms. The van der Waals surface area contributed by atoms with E-state index in [9.17, 15) is 15.0 Å². The van der Waals surface area contributed by atoms with Gasteiger partial charge in [0.05, 0.1) is 18.8 Å². The zero-order valence-electron chi connectivity index (χ0n) is 61.7. The van der Waals surface area contributed by atoms with Crippen LogP contribution in [0.1, 0.15) is 176 Å². The number of rotatable bonds is 18. The Kier molecular flexibility index (Phi) is 26.4. The van der Waals surface area contributed by atoms with Crippen LogP contribution >= 0.6 is 12.2 Å². The normalized spacial score (nSPS) is 45.8. The molecule has 0 amide bonds. The molecule has 558 valence electrons. The van der Waals surface area contributed by atoms with Gasteiger partial charge in [0.25, 0.3) is 0 Å². The highest BCUT2D eigenvalue weighted by molar-refractivity contribution is 7.78. The Bertz CT molecular complexity index is 2420. The molecule has 12 saturated heterocycles. The zero-order chi connectivity index (χ0) is 71.8. The van der Waals surface area contributed by atoms with Gasteiger partial charge in [0, 0.05) is 49.1 Å². The molecule has 0 saturated carbocycles. The van der Waals surface area contributed by atoms with Crippen LogP contribution in [0.5, 0.6) is 0 Å². The number of thiocarbonyl (C=S) groups is 1. The summed E-state index contributed by atoms with van der Waals surface area (Å²) >= 11 is 4.98. The van der Waals surface area contributed by atoms with Gasteiger partial charge in [-0.3, -0.25) is 0 Å². The van der Waals surface area contributed by atoms with E-state index in [-0.39, 0.29) is 105 Å². The third-order valence-electron chi connectivity index (χ3n) is 20.1. The number of aldehydes is 1. The number of fused-ring (bicyclic) bond motifs is 6. The molecular formula is C68H118O27S. The minimum atomic E-state index is -0.945. The van der Waals surface area contributed by atoms with Crippen molar-refractivity contribution in [2.75, 3.05) is 55.9 Å². The molecule has 12 aliphatic rings. The van der Waals surface area contributed by atoms with E-state index < -0.39 is 87.7 Å². The molecule has 12 fully saturated rings. The molecule has 12 aliphatic heterocycles. The standard InChI is InChI=1S/C12H20O4S.C12H20O4.2C11H20O5.C11H18O5.C11H20O4/c1-5-12(6-7-17)9-8(10(13-4)16-12)14-11(2,3)15-9;1-6-12(7-2)9-8(10(13-5)16-12)14-11(3,4)15-9;3*1-5-11(6-12)8-7(9(13-4)16-11)14-10(2,3)15-8;1-6-11(4)8-7(9(12-5)15-11)13-10(2,3)14-8/h7-10H,5-6H2,1-4H3;6,8-10H,1,7H2,2-5H3;2*7-9,12H,5-6H2,1-4H3;6-9H,5H2,1-4H3;7-9H,6H2,1-5H3/t8?,9-,10-,12+;8?,9-,10-,12-;7?,8-,9-,11+;7?,8-,9-,11-;7?,8-,9-,11+;7?,8-,9-,11-/m111111/s1. The maximum atomic E-state index is 11.3. The quantitative estimate of drug-likeness (QED) is 0.0754. The van der Waals surface area contributed by atoms with Crippen molar-refractivity contribution in [3.05, 3.63) is 12.7 Å². The second-order valence-electron chi connectivity index (χ2n) is 29.0. The molecule has 27 nitrogen and oxygen atoms in total. The number of carbonyl (C=O) groups excluding carboxylic acids is 1. The first-order valence-electron chi connectivity index (χ1n) is 33.9. The second-order valence-corrected chi connectivity index (χ2v) is 29.3. The SMILES string of the molecule is C=C[C@]1(CC)O[C@@H](OC)C2OC(C)(C)O[C@H]21.CC[C@@]1(C)O[C@@H](OC)C2OC(C)(C)O[C@H]21.CC[C@@]1(C=O)O[C@@H](OC)C2OC(C)(C)O[C@H]21.CC[C@@]1(CC=S)O[C@@H](OC)C2OC(C)(C)O[C@H]21.CC[C@@]1(CO)O[C@@H](OC)C2OC(C)(C)O[C@H]21.CC[C@]1(CO)O[C@@H](OC)C2OC(C)(C)O[C@H]21. The fraction of sp³-hybridized carbons (Fsp3) is 0.941. The van der Waals surface area contributed by atoms with Gasteiger partial charge in [0.1, 0.15) is 95.7 Å². The molecule has 0 spiro atoms. The van der Waals surface area contributed by atoms with Crippen LogP contribution in [0.2, 0.25) is 0 Å². The van der Waals surface area contributed by atoms with Crippen molar-refractivity contribution >= 4 is 23.9 Å². The molecule has 2 N–H and O–H groups in total. The van der Waals surface area contributed by atoms with Crippen LogP contribution in [0, 0.1) is 0 Å². The highest BCUT2D eigenvalue weighted by atomic mass is 32.1. The van der Waals surface area contributed by atoms with Crippen molar-refractivity contribution in [2.45, 2.75) is 356 Å². The Balaban J connectivity index is 0.000000163. The number of methoxy groups -OCH3 is 6. The molecule has 0 bridgehead atoms. The summed E-state index contributed by atoms with van der Waals surface area (Å²) < 4.78 is 136. The summed E-state index contributed by atoms with van der Waals surface area (Å²) in [7, 11) is 9.55. The average molecular weight is 1400 g/mol. The van der Waals surface area contributed by atoms with Crippen LogP contribution in [-0.4, -0.2) is 257 Å². The molecule has 0 radical (unpaired) electrons. The minimum absolute atomic E-state index is 0.0394. The molecule has 0 aromatic rings. The van der Waals surface area contributed by atoms with Crippen LogP contribution in [0.15, 0.2) is 12.7 Å². The summed E-state index contributed by atoms with van der Waals surface area (Å²) in [4.78, 5) is 11.3. The first-order chi connectivity index (χ1) is 44.8. The van der Waals surface area contributed by atoms with Crippen molar-refractivity contribution in [1.29, 1.82) is 0 Å². The van der Waals surface area contributed by atoms with Crippen molar-refractivity contribution in [3.63, 3.8) is 0 Å². The van der Waals surface area contributed by atoms with Gasteiger partial charge < -0.3 is 129 Å². The highest BCUT2D eigenvalue weighted by Crippen LogP contribution is 2.52. The Morgan fingerprint density at radius 2 is 0.604 bits per heavy atom. The van der Waals surface area contributed by atoms with Crippen LogP contribution in [0.4, 0.5) is 0 Å². The molecule has 6 unspecified atom stereocenters. The number of aliphatic hydroxyl groups is 2. The Morgan fingerprint density at radius 3 is 0.885 bits per heavy atom. The second kappa shape index (κ2) is 31.0. The lowest BCUT2D eigenvalue weighted by Gasteiger charge is -2.32. The smallest absolute Gasteiger partial charge is 0.187 e. The van der Waals surface area contributed by atoms with E-state index in [1.54, 1.807) is 47.0 Å². The number of carbonyl (C=O) groups is 1.